The van der Waals surface area contributed by atoms with Gasteiger partial charge in [0.2, 0.25) is 0 Å². The van der Waals surface area contributed by atoms with E-state index in [0.717, 1.165) is 11.4 Å². The van der Waals surface area contributed by atoms with E-state index in [1.165, 1.54) is 11.3 Å². The van der Waals surface area contributed by atoms with Crippen molar-refractivity contribution in [3.8, 4) is 0 Å². The number of allylic oxidation sites excluding steroid dienone is 1. The number of hydrogen-bond donors (Lipinski definition) is 0. The Hall–Kier alpha value is -2.55. The summed E-state index contributed by atoms with van der Waals surface area (Å²) in [6, 6.07) is 18.6. The van der Waals surface area contributed by atoms with Crippen molar-refractivity contribution < 1.29 is 0 Å². The van der Waals surface area contributed by atoms with Crippen LogP contribution in [0.5, 0.6) is 0 Å². The van der Waals surface area contributed by atoms with Crippen molar-refractivity contribution in [1.29, 1.82) is 0 Å². The normalized spacial score (nSPS) is 11.7. The van der Waals surface area contributed by atoms with Gasteiger partial charge in [0, 0.05) is 26.8 Å². The van der Waals surface area contributed by atoms with E-state index in [1.54, 1.807) is 0 Å². The van der Waals surface area contributed by atoms with Gasteiger partial charge < -0.3 is 4.90 Å². The van der Waals surface area contributed by atoms with Crippen LogP contribution in [-0.2, 0) is 0 Å². The number of nitrogens with zero attached hydrogens (tertiary/aromatic N) is 3. The third-order valence-corrected chi connectivity index (χ3v) is 3.36. The second-order valence-corrected chi connectivity index (χ2v) is 5.42. The molecule has 0 N–H and O–H groups in total. The highest BCUT2D eigenvalue weighted by atomic mass is 15.4. The molecule has 0 fully saturated rings. The molecule has 22 heavy (non-hydrogen) atoms. The second-order valence-electron chi connectivity index (χ2n) is 5.42. The highest BCUT2D eigenvalue weighted by Gasteiger charge is 1.97. The van der Waals surface area contributed by atoms with Crippen molar-refractivity contribution in [3.63, 3.8) is 0 Å². The van der Waals surface area contributed by atoms with Crippen molar-refractivity contribution in [2.24, 2.45) is 5.10 Å². The predicted molar refractivity (Wildman–Crippen MR) is 97.8 cm³/mol. The highest BCUT2D eigenvalue weighted by Crippen LogP contribution is 2.14. The molecule has 0 spiro atoms. The molecule has 3 nitrogen and oxygen atoms in total. The summed E-state index contributed by atoms with van der Waals surface area (Å²) < 4.78 is 0. The fraction of sp³-hybridized carbons (Fsp3) is 0.211. The van der Waals surface area contributed by atoms with Crippen molar-refractivity contribution in [1.82, 2.24) is 0 Å². The maximum Gasteiger partial charge on any atom is 0.0590 e. The Kier molecular flexibility index (Phi) is 5.37. The highest BCUT2D eigenvalue weighted by molar-refractivity contribution is 5.96. The van der Waals surface area contributed by atoms with E-state index in [4.69, 9.17) is 0 Å². The van der Waals surface area contributed by atoms with Crippen molar-refractivity contribution in [2.75, 3.05) is 31.1 Å². The minimum absolute atomic E-state index is 0.961. The maximum absolute atomic E-state index is 4.56. The first kappa shape index (κ1) is 15.8. The van der Waals surface area contributed by atoms with Crippen molar-refractivity contribution in [3.05, 3.63) is 66.2 Å². The Morgan fingerprint density at radius 1 is 0.864 bits per heavy atom. The number of hydrogen-bond acceptors (Lipinski definition) is 3. The van der Waals surface area contributed by atoms with Crippen molar-refractivity contribution >= 4 is 23.2 Å². The smallest absolute Gasteiger partial charge is 0.0590 e. The van der Waals surface area contributed by atoms with Gasteiger partial charge in [-0.3, -0.25) is 5.01 Å². The standard InChI is InChI=1S/C19H23N3/c1-16(20-22(4)19-8-6-5-7-9-19)10-11-17-12-14-18(15-13-17)21(2)3/h5-15H,1-4H3. The first-order valence-electron chi connectivity index (χ1n) is 7.36. The third kappa shape index (κ3) is 4.48. The van der Waals surface area contributed by atoms with Crippen LogP contribution in [0.15, 0.2) is 65.8 Å². The van der Waals surface area contributed by atoms with E-state index in [2.05, 4.69) is 40.3 Å². The summed E-state index contributed by atoms with van der Waals surface area (Å²) in [5.41, 5.74) is 4.41. The van der Waals surface area contributed by atoms with Crippen LogP contribution in [0.25, 0.3) is 6.08 Å². The summed E-state index contributed by atoms with van der Waals surface area (Å²) in [5.74, 6) is 0. The molecule has 0 heterocycles. The van der Waals surface area contributed by atoms with Crippen LogP contribution >= 0.6 is 0 Å². The Morgan fingerprint density at radius 2 is 1.50 bits per heavy atom. The number of rotatable bonds is 5. The van der Waals surface area contributed by atoms with Gasteiger partial charge in [0.1, 0.15) is 0 Å². The van der Waals surface area contributed by atoms with E-state index in [0.29, 0.717) is 0 Å². The summed E-state index contributed by atoms with van der Waals surface area (Å²) in [6.45, 7) is 2.00. The molecule has 0 unspecified atom stereocenters. The van der Waals surface area contributed by atoms with Gasteiger partial charge >= 0.3 is 0 Å². The van der Waals surface area contributed by atoms with E-state index in [9.17, 15) is 0 Å². The fourth-order valence-electron chi connectivity index (χ4n) is 2.07. The Balaban J connectivity index is 2.04. The zero-order valence-corrected chi connectivity index (χ0v) is 13.7. The van der Waals surface area contributed by atoms with E-state index < -0.39 is 0 Å². The zero-order chi connectivity index (χ0) is 15.9. The quantitative estimate of drug-likeness (QED) is 0.605. The molecule has 2 rings (SSSR count). The molecule has 0 aliphatic carbocycles. The van der Waals surface area contributed by atoms with E-state index in [1.807, 2.05) is 69.5 Å². The van der Waals surface area contributed by atoms with Gasteiger partial charge in [-0.1, -0.05) is 36.4 Å². The minimum Gasteiger partial charge on any atom is -0.378 e. The van der Waals surface area contributed by atoms with E-state index in [-0.39, 0.29) is 0 Å². The van der Waals surface area contributed by atoms with Crippen LogP contribution in [0, 0.1) is 0 Å². The van der Waals surface area contributed by atoms with Crippen molar-refractivity contribution in [2.45, 2.75) is 6.92 Å². The Labute approximate surface area is 133 Å². The van der Waals surface area contributed by atoms with Crippen LogP contribution in [-0.4, -0.2) is 26.9 Å². The molecule has 0 bridgehead atoms. The number of benzene rings is 2. The van der Waals surface area contributed by atoms with E-state index >= 15 is 0 Å². The van der Waals surface area contributed by atoms with Gasteiger partial charge in [-0.15, -0.1) is 0 Å². The zero-order valence-electron chi connectivity index (χ0n) is 13.7. The molecule has 0 atom stereocenters. The average molecular weight is 293 g/mol. The Morgan fingerprint density at radius 3 is 2.09 bits per heavy atom. The first-order chi connectivity index (χ1) is 10.6. The number of anilines is 2. The summed E-state index contributed by atoms with van der Waals surface area (Å²) in [6.07, 6.45) is 4.11. The van der Waals surface area contributed by atoms with Crippen LogP contribution in [0.3, 0.4) is 0 Å². The van der Waals surface area contributed by atoms with Crippen LogP contribution < -0.4 is 9.91 Å². The molecular formula is C19H23N3. The van der Waals surface area contributed by atoms with Gasteiger partial charge in [0.25, 0.3) is 0 Å². The van der Waals surface area contributed by atoms with Gasteiger partial charge in [-0.2, -0.15) is 5.10 Å². The lowest BCUT2D eigenvalue weighted by atomic mass is 10.2. The van der Waals surface area contributed by atoms with Gasteiger partial charge in [-0.05, 0) is 42.8 Å². The van der Waals surface area contributed by atoms with Gasteiger partial charge in [0.15, 0.2) is 0 Å². The molecule has 0 saturated heterocycles. The third-order valence-electron chi connectivity index (χ3n) is 3.36. The molecule has 0 aromatic heterocycles. The summed E-state index contributed by atoms with van der Waals surface area (Å²) in [4.78, 5) is 2.09. The molecular weight excluding hydrogens is 270 g/mol. The average Bonchev–Trinajstić information content (AvgIpc) is 2.54. The lowest BCUT2D eigenvalue weighted by molar-refractivity contribution is 1.02. The topological polar surface area (TPSA) is 18.8 Å². The van der Waals surface area contributed by atoms with Crippen LogP contribution in [0.1, 0.15) is 12.5 Å². The van der Waals surface area contributed by atoms with Gasteiger partial charge in [0.05, 0.1) is 11.4 Å². The maximum atomic E-state index is 4.56. The number of para-hydroxylation sites is 1. The second kappa shape index (κ2) is 7.46. The molecule has 3 heteroatoms. The fourth-order valence-corrected chi connectivity index (χ4v) is 2.07. The van der Waals surface area contributed by atoms with Crippen LogP contribution in [0.2, 0.25) is 0 Å². The molecule has 0 radical (unpaired) electrons. The van der Waals surface area contributed by atoms with Gasteiger partial charge in [-0.25, -0.2) is 0 Å². The molecule has 0 saturated carbocycles. The summed E-state index contributed by atoms with van der Waals surface area (Å²) in [7, 11) is 6.04. The summed E-state index contributed by atoms with van der Waals surface area (Å²) >= 11 is 0. The predicted octanol–water partition coefficient (Wildman–Crippen LogP) is 4.28. The lowest BCUT2D eigenvalue weighted by Crippen LogP contribution is -2.10. The molecule has 2 aromatic rings. The molecule has 0 amide bonds. The minimum atomic E-state index is 0.961. The Bertz CT molecular complexity index is 640. The largest absolute Gasteiger partial charge is 0.378 e. The molecule has 114 valence electrons. The first-order valence-corrected chi connectivity index (χ1v) is 7.36. The summed E-state index contributed by atoms with van der Waals surface area (Å²) in [5, 5.41) is 6.45. The monoisotopic (exact) mass is 293 g/mol. The lowest BCUT2D eigenvalue weighted by Gasteiger charge is -2.13. The molecule has 0 aliphatic rings. The van der Waals surface area contributed by atoms with Crippen LogP contribution in [0.4, 0.5) is 11.4 Å². The number of hydrazone groups is 1. The molecule has 2 aromatic carbocycles. The SMILES string of the molecule is CC(C=Cc1ccc(N(C)C)cc1)=NN(C)c1ccccc1. The molecule has 0 aliphatic heterocycles.